The molecular weight excluding hydrogens is 698 g/mol. The van der Waals surface area contributed by atoms with Crippen LogP contribution in [0.25, 0.3) is 17.1 Å². The number of imidazole rings is 1. The number of nitrogens with zero attached hydrogens (tertiary/aromatic N) is 5. The van der Waals surface area contributed by atoms with Gasteiger partial charge in [0.15, 0.2) is 5.82 Å². The first kappa shape index (κ1) is 31.6. The summed E-state index contributed by atoms with van der Waals surface area (Å²) in [5.41, 5.74) is 8.51. The van der Waals surface area contributed by atoms with Crippen LogP contribution in [0.2, 0.25) is 5.02 Å². The largest absolute Gasteiger partial charge is 0.490 e. The monoisotopic (exact) mass is 727 g/mol. The number of nitrogen functional groups attached to an aromatic ring is 1. The van der Waals surface area contributed by atoms with Crippen LogP contribution in [0.1, 0.15) is 51.9 Å². The lowest BCUT2D eigenvalue weighted by atomic mass is 10.1. The van der Waals surface area contributed by atoms with Gasteiger partial charge in [-0.3, -0.25) is 18.7 Å². The van der Waals surface area contributed by atoms with Crippen molar-refractivity contribution in [3.8, 4) is 22.8 Å². The molecule has 0 radical (unpaired) electrons. The molecule has 3 heterocycles. The van der Waals surface area contributed by atoms with Gasteiger partial charge >= 0.3 is 5.69 Å². The third-order valence-corrected chi connectivity index (χ3v) is 9.72. The van der Waals surface area contributed by atoms with Crippen molar-refractivity contribution in [2.24, 2.45) is 0 Å². The topological polar surface area (TPSA) is 137 Å². The molecule has 0 saturated heterocycles. The molecule has 1 fully saturated rings. The van der Waals surface area contributed by atoms with Gasteiger partial charge in [0.1, 0.15) is 17.3 Å². The number of rotatable bonds is 8. The van der Waals surface area contributed by atoms with Gasteiger partial charge in [-0.1, -0.05) is 35.9 Å². The Balaban J connectivity index is 1.26. The Bertz CT molecular complexity index is 2110. The van der Waals surface area contributed by atoms with Gasteiger partial charge in [-0.2, -0.15) is 0 Å². The summed E-state index contributed by atoms with van der Waals surface area (Å²) in [7, 11) is 0. The van der Waals surface area contributed by atoms with Crippen LogP contribution >= 0.6 is 27.5 Å². The smallest absolute Gasteiger partial charge is 0.333 e. The fourth-order valence-electron chi connectivity index (χ4n) is 5.86. The first-order valence-electron chi connectivity index (χ1n) is 15.5. The molecule has 2 amide bonds. The Morgan fingerprint density at radius 2 is 1.85 bits per heavy atom. The van der Waals surface area contributed by atoms with Gasteiger partial charge < -0.3 is 20.7 Å². The summed E-state index contributed by atoms with van der Waals surface area (Å²) in [6.07, 6.45) is 3.83. The maximum absolute atomic E-state index is 14.2. The number of fused-ring (bicyclic) bond motifs is 1. The maximum atomic E-state index is 14.2. The van der Waals surface area contributed by atoms with Gasteiger partial charge in [-0.05, 0) is 89.8 Å². The molecule has 1 unspecified atom stereocenters. The van der Waals surface area contributed by atoms with Crippen molar-refractivity contribution in [1.82, 2.24) is 29.3 Å². The van der Waals surface area contributed by atoms with E-state index in [9.17, 15) is 14.4 Å². The SMILES string of the molecule is CC1Cn2c(c(C(=O)NCc3ccccc3-c3nccc(N)n3)n(-c3ccc(OC4CC4)cc3)c2=O)CN1C(=O)c1ccc(Br)c(Cl)c1. The zero-order valence-electron chi connectivity index (χ0n) is 25.9. The van der Waals surface area contributed by atoms with Crippen LogP contribution < -0.4 is 21.5 Å². The minimum atomic E-state index is -0.476. The summed E-state index contributed by atoms with van der Waals surface area (Å²) in [5.74, 6) is 0.727. The minimum Gasteiger partial charge on any atom is -0.490 e. The van der Waals surface area contributed by atoms with E-state index in [1.54, 1.807) is 64.2 Å². The number of halogens is 2. The molecule has 1 atom stereocenters. The minimum absolute atomic E-state index is 0.0370. The molecule has 11 nitrogen and oxygen atoms in total. The Kier molecular flexibility index (Phi) is 8.52. The molecular formula is C35H31BrClN7O4. The molecule has 244 valence electrons. The number of aromatic nitrogens is 4. The van der Waals surface area contributed by atoms with Gasteiger partial charge in [-0.15, -0.1) is 0 Å². The number of anilines is 1. The summed E-state index contributed by atoms with van der Waals surface area (Å²) in [6.45, 7) is 2.24. The highest BCUT2D eigenvalue weighted by atomic mass is 79.9. The van der Waals surface area contributed by atoms with E-state index in [1.165, 1.54) is 4.57 Å². The second-order valence-electron chi connectivity index (χ2n) is 11.9. The number of nitrogens with one attached hydrogen (secondary N) is 1. The van der Waals surface area contributed by atoms with E-state index in [2.05, 4.69) is 31.2 Å². The second kappa shape index (κ2) is 12.9. The summed E-state index contributed by atoms with van der Waals surface area (Å²) >= 11 is 9.69. The third-order valence-electron chi connectivity index (χ3n) is 8.48. The van der Waals surface area contributed by atoms with Crippen LogP contribution in [0.3, 0.4) is 0 Å². The van der Waals surface area contributed by atoms with Crippen LogP contribution in [0.15, 0.2) is 88.3 Å². The predicted octanol–water partition coefficient (Wildman–Crippen LogP) is 5.61. The zero-order chi connectivity index (χ0) is 33.5. The van der Waals surface area contributed by atoms with E-state index in [-0.39, 0.29) is 49.1 Å². The normalized spacial score (nSPS) is 15.6. The van der Waals surface area contributed by atoms with Crippen molar-refractivity contribution < 1.29 is 14.3 Å². The molecule has 2 aliphatic rings. The van der Waals surface area contributed by atoms with Gasteiger partial charge in [0.25, 0.3) is 11.8 Å². The van der Waals surface area contributed by atoms with Crippen LogP contribution in [-0.4, -0.2) is 48.0 Å². The van der Waals surface area contributed by atoms with E-state index < -0.39 is 5.91 Å². The number of hydrogen-bond donors (Lipinski definition) is 2. The fourth-order valence-corrected chi connectivity index (χ4v) is 6.29. The number of hydrogen-bond acceptors (Lipinski definition) is 7. The molecule has 0 spiro atoms. The summed E-state index contributed by atoms with van der Waals surface area (Å²) in [6, 6.07) is 20.9. The average Bonchev–Trinajstić information content (AvgIpc) is 3.86. The summed E-state index contributed by atoms with van der Waals surface area (Å²) in [4.78, 5) is 52.5. The van der Waals surface area contributed by atoms with Crippen LogP contribution in [0.5, 0.6) is 5.75 Å². The Morgan fingerprint density at radius 3 is 2.58 bits per heavy atom. The molecule has 5 aromatic rings. The zero-order valence-corrected chi connectivity index (χ0v) is 28.2. The molecule has 2 aromatic heterocycles. The molecule has 1 saturated carbocycles. The summed E-state index contributed by atoms with van der Waals surface area (Å²) in [5, 5.41) is 3.42. The third kappa shape index (κ3) is 6.20. The van der Waals surface area contributed by atoms with Crippen molar-refractivity contribution in [3.05, 3.63) is 121 Å². The van der Waals surface area contributed by atoms with Gasteiger partial charge in [-0.25, -0.2) is 14.8 Å². The first-order valence-corrected chi connectivity index (χ1v) is 16.7. The lowest BCUT2D eigenvalue weighted by Crippen LogP contribution is -2.47. The van der Waals surface area contributed by atoms with E-state index in [0.29, 0.717) is 49.4 Å². The number of ether oxygens (including phenoxy) is 1. The predicted molar refractivity (Wildman–Crippen MR) is 185 cm³/mol. The Morgan fingerprint density at radius 1 is 1.08 bits per heavy atom. The number of benzene rings is 3. The van der Waals surface area contributed by atoms with Crippen LogP contribution in [0.4, 0.5) is 5.82 Å². The number of carbonyl (C=O) groups excluding carboxylic acids is 2. The van der Waals surface area contributed by atoms with Gasteiger partial charge in [0.05, 0.1) is 29.1 Å². The van der Waals surface area contributed by atoms with E-state index in [0.717, 1.165) is 18.4 Å². The molecule has 0 bridgehead atoms. The Hall–Kier alpha value is -4.94. The maximum Gasteiger partial charge on any atom is 0.333 e. The molecule has 1 aliphatic carbocycles. The fraction of sp³-hybridized carbons (Fsp3) is 0.229. The van der Waals surface area contributed by atoms with E-state index in [4.69, 9.17) is 22.1 Å². The van der Waals surface area contributed by atoms with E-state index in [1.807, 2.05) is 31.2 Å². The highest BCUT2D eigenvalue weighted by Crippen LogP contribution is 2.30. The molecule has 13 heteroatoms. The highest BCUT2D eigenvalue weighted by molar-refractivity contribution is 9.10. The van der Waals surface area contributed by atoms with Crippen LogP contribution in [-0.2, 0) is 19.6 Å². The van der Waals surface area contributed by atoms with Crippen molar-refractivity contribution in [2.45, 2.75) is 51.5 Å². The van der Waals surface area contributed by atoms with Crippen molar-refractivity contribution in [2.75, 3.05) is 5.73 Å². The number of amides is 2. The standard InChI is InChI=1S/C35H31BrClN7O4/c1-20-18-43-29(19-42(20)34(46)21-6-13-27(36)28(37)16-21)31(44(35(43)47)23-7-9-24(10-8-23)48-25-11-12-25)33(45)40-17-22-4-2-3-5-26(22)32-39-15-14-30(38)41-32/h2-10,13-16,20,25H,11-12,17-19H2,1H3,(H,40,45)(H2,38,39,41). The van der Waals surface area contributed by atoms with Crippen LogP contribution in [0, 0.1) is 0 Å². The lowest BCUT2D eigenvalue weighted by molar-refractivity contribution is 0.0610. The highest BCUT2D eigenvalue weighted by Gasteiger charge is 2.35. The second-order valence-corrected chi connectivity index (χ2v) is 13.2. The molecule has 1 aliphatic heterocycles. The molecule has 48 heavy (non-hydrogen) atoms. The molecule has 3 N–H and O–H groups in total. The van der Waals surface area contributed by atoms with E-state index >= 15 is 0 Å². The summed E-state index contributed by atoms with van der Waals surface area (Å²) < 4.78 is 9.59. The molecule has 7 rings (SSSR count). The number of nitrogens with two attached hydrogens (primary N) is 1. The Labute approximate surface area is 289 Å². The van der Waals surface area contributed by atoms with Crippen molar-refractivity contribution in [3.63, 3.8) is 0 Å². The molecule has 3 aromatic carbocycles. The van der Waals surface area contributed by atoms with Gasteiger partial charge in [0, 0.05) is 40.9 Å². The average molecular weight is 729 g/mol. The van der Waals surface area contributed by atoms with Gasteiger partial charge in [0.2, 0.25) is 0 Å². The first-order chi connectivity index (χ1) is 23.2. The van der Waals surface area contributed by atoms with Crippen molar-refractivity contribution in [1.29, 1.82) is 0 Å². The van der Waals surface area contributed by atoms with Crippen molar-refractivity contribution >= 4 is 45.2 Å². The lowest BCUT2D eigenvalue weighted by Gasteiger charge is -2.34. The quantitative estimate of drug-likeness (QED) is 0.212. The number of carbonyl (C=O) groups is 2.